The molecule has 0 aliphatic rings. The van der Waals surface area contributed by atoms with Gasteiger partial charge in [-0.05, 0) is 13.3 Å². The van der Waals surface area contributed by atoms with Gasteiger partial charge in [0.05, 0.1) is 17.6 Å². The fourth-order valence-electron chi connectivity index (χ4n) is 1.87. The molecule has 0 saturated carbocycles. The number of aromatic nitrogens is 4. The minimum atomic E-state index is 0.623. The van der Waals surface area contributed by atoms with E-state index < -0.39 is 0 Å². The molecule has 0 saturated heterocycles. The molecule has 6 heteroatoms. The number of anilines is 1. The van der Waals surface area contributed by atoms with E-state index in [2.05, 4.69) is 41.2 Å². The van der Waals surface area contributed by atoms with E-state index in [0.717, 1.165) is 41.6 Å². The highest BCUT2D eigenvalue weighted by atomic mass is 32.2. The SMILES string of the molecule is CCNc1cc(-c2cnn(C)c2)nc(CSC(C)CC)n1. The first-order valence-electron chi connectivity index (χ1n) is 7.34. The fourth-order valence-corrected chi connectivity index (χ4v) is 2.67. The van der Waals surface area contributed by atoms with E-state index in [1.54, 1.807) is 4.68 Å². The Morgan fingerprint density at radius 2 is 2.14 bits per heavy atom. The Hall–Kier alpha value is -1.56. The van der Waals surface area contributed by atoms with Crippen LogP contribution in [0.1, 0.15) is 33.0 Å². The summed E-state index contributed by atoms with van der Waals surface area (Å²) in [5.74, 6) is 2.59. The molecule has 0 amide bonds. The molecule has 2 rings (SSSR count). The van der Waals surface area contributed by atoms with Gasteiger partial charge in [-0.25, -0.2) is 9.97 Å². The van der Waals surface area contributed by atoms with Crippen LogP contribution < -0.4 is 5.32 Å². The van der Waals surface area contributed by atoms with Crippen LogP contribution in [0.15, 0.2) is 18.5 Å². The zero-order valence-corrected chi connectivity index (χ0v) is 13.9. The Morgan fingerprint density at radius 1 is 1.33 bits per heavy atom. The normalized spacial score (nSPS) is 12.4. The van der Waals surface area contributed by atoms with E-state index in [0.29, 0.717) is 5.25 Å². The van der Waals surface area contributed by atoms with E-state index >= 15 is 0 Å². The largest absolute Gasteiger partial charge is 0.370 e. The van der Waals surface area contributed by atoms with Crippen molar-refractivity contribution in [2.45, 2.75) is 38.2 Å². The van der Waals surface area contributed by atoms with Crippen LogP contribution >= 0.6 is 11.8 Å². The quantitative estimate of drug-likeness (QED) is 0.850. The highest BCUT2D eigenvalue weighted by Crippen LogP contribution is 2.23. The lowest BCUT2D eigenvalue weighted by molar-refractivity contribution is 0.768. The summed E-state index contributed by atoms with van der Waals surface area (Å²) in [4.78, 5) is 9.27. The van der Waals surface area contributed by atoms with E-state index in [-0.39, 0.29) is 0 Å². The summed E-state index contributed by atoms with van der Waals surface area (Å²) in [6.45, 7) is 7.36. The van der Waals surface area contributed by atoms with Crippen molar-refractivity contribution in [3.05, 3.63) is 24.3 Å². The highest BCUT2D eigenvalue weighted by molar-refractivity contribution is 7.99. The van der Waals surface area contributed by atoms with Crippen molar-refractivity contribution in [3.63, 3.8) is 0 Å². The molecular weight excluding hydrogens is 282 g/mol. The molecule has 0 aromatic carbocycles. The smallest absolute Gasteiger partial charge is 0.141 e. The third-order valence-corrected chi connectivity index (χ3v) is 4.53. The van der Waals surface area contributed by atoms with Crippen molar-refractivity contribution in [2.75, 3.05) is 11.9 Å². The molecule has 1 unspecified atom stereocenters. The third kappa shape index (κ3) is 4.46. The minimum Gasteiger partial charge on any atom is -0.370 e. The summed E-state index contributed by atoms with van der Waals surface area (Å²) in [6, 6.07) is 1.98. The van der Waals surface area contributed by atoms with Crippen molar-refractivity contribution in [1.82, 2.24) is 19.7 Å². The molecule has 0 fully saturated rings. The first-order valence-corrected chi connectivity index (χ1v) is 8.39. The van der Waals surface area contributed by atoms with Crippen molar-refractivity contribution in [1.29, 1.82) is 0 Å². The number of thioether (sulfide) groups is 1. The Kier molecular flexibility index (Phi) is 5.61. The molecule has 1 atom stereocenters. The molecule has 0 aliphatic carbocycles. The number of nitrogens with zero attached hydrogens (tertiary/aromatic N) is 4. The number of aryl methyl sites for hydroxylation is 1. The van der Waals surface area contributed by atoms with E-state index in [1.807, 2.05) is 37.3 Å². The molecule has 114 valence electrons. The van der Waals surface area contributed by atoms with Gasteiger partial charge in [-0.2, -0.15) is 16.9 Å². The molecule has 1 N–H and O–H groups in total. The van der Waals surface area contributed by atoms with Gasteiger partial charge in [-0.15, -0.1) is 0 Å². The van der Waals surface area contributed by atoms with Gasteiger partial charge in [0.1, 0.15) is 11.6 Å². The van der Waals surface area contributed by atoms with Crippen molar-refractivity contribution in [3.8, 4) is 11.3 Å². The highest BCUT2D eigenvalue weighted by Gasteiger charge is 2.09. The van der Waals surface area contributed by atoms with E-state index in [9.17, 15) is 0 Å². The first-order chi connectivity index (χ1) is 10.1. The molecular formula is C15H23N5S. The van der Waals surface area contributed by atoms with Crippen molar-refractivity contribution >= 4 is 17.6 Å². The lowest BCUT2D eigenvalue weighted by Gasteiger charge is -2.10. The van der Waals surface area contributed by atoms with Crippen molar-refractivity contribution < 1.29 is 0 Å². The lowest BCUT2D eigenvalue weighted by Crippen LogP contribution is -2.05. The molecule has 0 bridgehead atoms. The van der Waals surface area contributed by atoms with Crippen LogP contribution in [0.5, 0.6) is 0 Å². The van der Waals surface area contributed by atoms with Crippen LogP contribution in [-0.4, -0.2) is 31.5 Å². The van der Waals surface area contributed by atoms with E-state index in [1.165, 1.54) is 0 Å². The van der Waals surface area contributed by atoms with Gasteiger partial charge in [-0.3, -0.25) is 4.68 Å². The van der Waals surface area contributed by atoms with Gasteiger partial charge in [0, 0.05) is 36.7 Å². The topological polar surface area (TPSA) is 55.6 Å². The van der Waals surface area contributed by atoms with Gasteiger partial charge >= 0.3 is 0 Å². The standard InChI is InChI=1S/C15H23N5S/c1-5-11(3)21-10-15-18-13(7-14(19-15)16-6-2)12-8-17-20(4)9-12/h7-9,11H,5-6,10H2,1-4H3,(H,16,18,19). The molecule has 5 nitrogen and oxygen atoms in total. The summed E-state index contributed by atoms with van der Waals surface area (Å²) in [5, 5.41) is 8.12. The zero-order valence-electron chi connectivity index (χ0n) is 13.1. The van der Waals surface area contributed by atoms with Crippen LogP contribution in [0, 0.1) is 0 Å². The van der Waals surface area contributed by atoms with Crippen LogP contribution in [0.25, 0.3) is 11.3 Å². The Balaban J connectivity index is 2.25. The van der Waals surface area contributed by atoms with Gasteiger partial charge in [0.15, 0.2) is 0 Å². The molecule has 0 spiro atoms. The second-order valence-corrected chi connectivity index (χ2v) is 6.44. The second-order valence-electron chi connectivity index (χ2n) is 5.02. The molecule has 2 heterocycles. The molecule has 0 aliphatic heterocycles. The maximum Gasteiger partial charge on any atom is 0.141 e. The van der Waals surface area contributed by atoms with Gasteiger partial charge in [0.2, 0.25) is 0 Å². The maximum atomic E-state index is 4.68. The maximum absolute atomic E-state index is 4.68. The summed E-state index contributed by atoms with van der Waals surface area (Å²) in [7, 11) is 1.91. The summed E-state index contributed by atoms with van der Waals surface area (Å²) in [5.41, 5.74) is 1.95. The third-order valence-electron chi connectivity index (χ3n) is 3.20. The molecule has 0 radical (unpaired) electrons. The van der Waals surface area contributed by atoms with Crippen LogP contribution in [0.3, 0.4) is 0 Å². The van der Waals surface area contributed by atoms with Crippen molar-refractivity contribution in [2.24, 2.45) is 7.05 Å². The number of hydrogen-bond donors (Lipinski definition) is 1. The number of rotatable bonds is 7. The average Bonchev–Trinajstić information content (AvgIpc) is 2.91. The summed E-state index contributed by atoms with van der Waals surface area (Å²) < 4.78 is 1.79. The Morgan fingerprint density at radius 3 is 2.76 bits per heavy atom. The summed E-state index contributed by atoms with van der Waals surface area (Å²) >= 11 is 1.89. The summed E-state index contributed by atoms with van der Waals surface area (Å²) in [6.07, 6.45) is 4.97. The zero-order chi connectivity index (χ0) is 15.2. The fraction of sp³-hybridized carbons (Fsp3) is 0.533. The Labute approximate surface area is 130 Å². The number of hydrogen-bond acceptors (Lipinski definition) is 5. The second kappa shape index (κ2) is 7.45. The van der Waals surface area contributed by atoms with Gasteiger partial charge in [-0.1, -0.05) is 13.8 Å². The first kappa shape index (κ1) is 15.8. The number of nitrogens with one attached hydrogen (secondary N) is 1. The Bertz CT molecular complexity index is 581. The van der Waals surface area contributed by atoms with Gasteiger partial charge in [0.25, 0.3) is 0 Å². The monoisotopic (exact) mass is 305 g/mol. The van der Waals surface area contributed by atoms with Crippen LogP contribution in [0.2, 0.25) is 0 Å². The van der Waals surface area contributed by atoms with Gasteiger partial charge < -0.3 is 5.32 Å². The minimum absolute atomic E-state index is 0.623. The molecule has 2 aromatic rings. The van der Waals surface area contributed by atoms with Crippen LogP contribution in [0.4, 0.5) is 5.82 Å². The molecule has 21 heavy (non-hydrogen) atoms. The predicted octanol–water partition coefficient (Wildman–Crippen LogP) is 3.34. The van der Waals surface area contributed by atoms with E-state index in [4.69, 9.17) is 0 Å². The molecule has 2 aromatic heterocycles. The average molecular weight is 305 g/mol. The lowest BCUT2D eigenvalue weighted by atomic mass is 10.2. The predicted molar refractivity (Wildman–Crippen MR) is 89.4 cm³/mol. The van der Waals surface area contributed by atoms with Crippen LogP contribution in [-0.2, 0) is 12.8 Å².